The molecule has 0 radical (unpaired) electrons. The molecule has 0 bridgehead atoms. The van der Waals surface area contributed by atoms with Crippen LogP contribution in [0.15, 0.2) is 24.4 Å². The van der Waals surface area contributed by atoms with Crippen molar-refractivity contribution < 1.29 is 13.2 Å². The summed E-state index contributed by atoms with van der Waals surface area (Å²) in [4.78, 5) is 5.62. The zero-order valence-corrected chi connectivity index (χ0v) is 16.6. The Bertz CT molecular complexity index is 1330. The van der Waals surface area contributed by atoms with Gasteiger partial charge in [-0.3, -0.25) is 0 Å². The number of aryl methyl sites for hydroxylation is 1. The van der Waals surface area contributed by atoms with Crippen LogP contribution in [0.2, 0.25) is 12.6 Å². The average molecular weight is 423 g/mol. The molecule has 0 amide bonds. The van der Waals surface area contributed by atoms with Crippen LogP contribution in [0.5, 0.6) is 0 Å². The Morgan fingerprint density at radius 3 is 2.65 bits per heavy atom. The maximum atomic E-state index is 14.9. The molecule has 0 atom stereocenters. The summed E-state index contributed by atoms with van der Waals surface area (Å²) in [5.74, 6) is 1.70. The van der Waals surface area contributed by atoms with Crippen molar-refractivity contribution in [3.63, 3.8) is 0 Å². The van der Waals surface area contributed by atoms with Crippen LogP contribution in [0, 0.1) is 24.0 Å². The summed E-state index contributed by atoms with van der Waals surface area (Å²) in [7, 11) is 0. The first kappa shape index (κ1) is 19.5. The van der Waals surface area contributed by atoms with E-state index in [1.807, 2.05) is 0 Å². The van der Waals surface area contributed by atoms with Crippen LogP contribution in [-0.2, 0) is 0 Å². The van der Waals surface area contributed by atoms with Gasteiger partial charge in [-0.15, -0.1) is 5.10 Å². The number of nitriles is 1. The molecule has 0 unspecified atom stereocenters. The minimum absolute atomic E-state index is 0.00804. The molecule has 1 saturated heterocycles. The molecule has 0 spiro atoms. The minimum Gasteiger partial charge on any atom is -0.232 e. The van der Waals surface area contributed by atoms with Gasteiger partial charge in [0.1, 0.15) is 11.0 Å². The molecule has 7 nitrogen and oxygen atoms in total. The third-order valence-corrected chi connectivity index (χ3v) is 5.77. The highest BCUT2D eigenvalue weighted by atomic mass is 19.3. The molecule has 0 saturated carbocycles. The van der Waals surface area contributed by atoms with Crippen molar-refractivity contribution in [3.8, 4) is 17.2 Å². The maximum absolute atomic E-state index is 14.9. The van der Waals surface area contributed by atoms with Crippen LogP contribution < -0.4 is 0 Å². The number of benzene rings is 1. The van der Waals surface area contributed by atoms with Gasteiger partial charge < -0.3 is 0 Å². The average Bonchev–Trinajstić information content (AvgIpc) is 3.35. The molecule has 0 aliphatic carbocycles. The smallest absolute Gasteiger partial charge is 0.232 e. The zero-order chi connectivity index (χ0) is 21.7. The predicted molar refractivity (Wildman–Crippen MR) is 108 cm³/mol. The van der Waals surface area contributed by atoms with E-state index in [1.165, 1.54) is 21.4 Å². The molecule has 11 heteroatoms. The Balaban J connectivity index is 1.56. The number of fused-ring (bicyclic) bond motifs is 2. The topological polar surface area (TPSA) is 84.7 Å². The first-order valence-corrected chi connectivity index (χ1v) is 10.0. The zero-order valence-electron chi connectivity index (χ0n) is 16.6. The van der Waals surface area contributed by atoms with Gasteiger partial charge in [0.25, 0.3) is 13.1 Å². The summed E-state index contributed by atoms with van der Waals surface area (Å²) in [6, 6.07) is 4.09. The largest absolute Gasteiger partial charge is 0.268 e. The van der Waals surface area contributed by atoms with Gasteiger partial charge in [-0.05, 0) is 38.0 Å². The van der Waals surface area contributed by atoms with Gasteiger partial charge in [-0.1, -0.05) is 12.6 Å². The predicted octanol–water partition coefficient (Wildman–Crippen LogP) is 4.42. The fraction of sp³-hybridized carbons (Fsp3) is 0.350. The lowest BCUT2D eigenvalue weighted by atomic mass is 9.42. The van der Waals surface area contributed by atoms with E-state index in [1.54, 1.807) is 19.2 Å². The molecule has 0 N–H and O–H groups in total. The molecule has 1 fully saturated rings. The molecule has 3 aromatic heterocycles. The van der Waals surface area contributed by atoms with Crippen molar-refractivity contribution in [1.29, 1.82) is 5.26 Å². The number of imidazole rings is 1. The van der Waals surface area contributed by atoms with Crippen LogP contribution in [0.4, 0.5) is 13.2 Å². The van der Waals surface area contributed by atoms with E-state index in [9.17, 15) is 13.2 Å². The Morgan fingerprint density at radius 1 is 1.16 bits per heavy atom. The molecule has 4 heterocycles. The second-order valence-corrected chi connectivity index (χ2v) is 7.92. The highest BCUT2D eigenvalue weighted by Gasteiger charge is 2.27. The van der Waals surface area contributed by atoms with Crippen LogP contribution in [0.1, 0.15) is 36.6 Å². The van der Waals surface area contributed by atoms with Crippen molar-refractivity contribution in [2.24, 2.45) is 0 Å². The summed E-state index contributed by atoms with van der Waals surface area (Å²) < 4.78 is 43.3. The molecule has 1 aliphatic rings. The van der Waals surface area contributed by atoms with Gasteiger partial charge in [0.05, 0.1) is 29.2 Å². The monoisotopic (exact) mass is 423 g/mol. The number of aromatic nitrogens is 6. The quantitative estimate of drug-likeness (QED) is 0.456. The fourth-order valence-corrected chi connectivity index (χ4v) is 4.16. The van der Waals surface area contributed by atoms with E-state index in [0.29, 0.717) is 16.8 Å². The first-order valence-electron chi connectivity index (χ1n) is 10.0. The van der Waals surface area contributed by atoms with Crippen LogP contribution >= 0.6 is 0 Å². The standard InChI is InChI=1S/C20H17BF3N7/c1-11-9-30-20(26-11)14(19(23)24)8-16(27-30)12-6-15(22)18-17(7-12)28-31(29-18)13-2-4-21(10-25)5-3-13/h6-9,13,19H,2-5H2,1H3. The van der Waals surface area contributed by atoms with Crippen LogP contribution in [0.3, 0.4) is 0 Å². The summed E-state index contributed by atoms with van der Waals surface area (Å²) in [6.45, 7) is 1.74. The summed E-state index contributed by atoms with van der Waals surface area (Å²) in [5, 5.41) is 22.2. The van der Waals surface area contributed by atoms with Gasteiger partial charge >= 0.3 is 0 Å². The minimum atomic E-state index is -2.75. The van der Waals surface area contributed by atoms with Crippen LogP contribution in [0.25, 0.3) is 27.9 Å². The molecule has 4 aromatic rings. The summed E-state index contributed by atoms with van der Waals surface area (Å²) >= 11 is 0. The Morgan fingerprint density at radius 2 is 1.94 bits per heavy atom. The highest BCUT2D eigenvalue weighted by molar-refractivity contribution is 6.67. The lowest BCUT2D eigenvalue weighted by Crippen LogP contribution is -2.23. The number of alkyl halides is 2. The van der Waals surface area contributed by atoms with Gasteiger partial charge in [0, 0.05) is 11.5 Å². The molecule has 156 valence electrons. The number of nitrogens with zero attached hydrogens (tertiary/aromatic N) is 7. The number of halogens is 3. The normalized spacial score (nSPS) is 15.3. The summed E-state index contributed by atoms with van der Waals surface area (Å²) in [6.07, 6.45) is 1.83. The van der Waals surface area contributed by atoms with E-state index >= 15 is 0 Å². The van der Waals surface area contributed by atoms with Gasteiger partial charge in [-0.2, -0.15) is 15.0 Å². The van der Waals surface area contributed by atoms with Crippen molar-refractivity contribution in [1.82, 2.24) is 29.6 Å². The van der Waals surface area contributed by atoms with Crippen LogP contribution in [-0.4, -0.2) is 36.3 Å². The van der Waals surface area contributed by atoms with E-state index in [0.717, 1.165) is 25.5 Å². The maximum Gasteiger partial charge on any atom is 0.268 e. The lowest BCUT2D eigenvalue weighted by molar-refractivity contribution is 0.152. The van der Waals surface area contributed by atoms with Gasteiger partial charge in [0.2, 0.25) is 0 Å². The van der Waals surface area contributed by atoms with Gasteiger partial charge in [0.15, 0.2) is 11.5 Å². The molecule has 1 aliphatic heterocycles. The van der Waals surface area contributed by atoms with Crippen molar-refractivity contribution >= 4 is 23.4 Å². The van der Waals surface area contributed by atoms with E-state index in [-0.39, 0.29) is 35.2 Å². The number of rotatable bonds is 3. The van der Waals surface area contributed by atoms with Gasteiger partial charge in [-0.25, -0.2) is 27.9 Å². The number of hydrogen-bond donors (Lipinski definition) is 0. The second-order valence-electron chi connectivity index (χ2n) is 7.92. The van der Waals surface area contributed by atoms with E-state index < -0.39 is 12.2 Å². The van der Waals surface area contributed by atoms with E-state index in [2.05, 4.69) is 26.2 Å². The van der Waals surface area contributed by atoms with E-state index in [4.69, 9.17) is 5.26 Å². The molecular weight excluding hydrogens is 406 g/mol. The lowest BCUT2D eigenvalue weighted by Gasteiger charge is -2.21. The fourth-order valence-electron chi connectivity index (χ4n) is 4.16. The third-order valence-electron chi connectivity index (χ3n) is 5.77. The third kappa shape index (κ3) is 3.42. The number of hydrogen-bond acceptors (Lipinski definition) is 5. The van der Waals surface area contributed by atoms with Crippen molar-refractivity contribution in [3.05, 3.63) is 41.5 Å². The van der Waals surface area contributed by atoms with Crippen molar-refractivity contribution in [2.75, 3.05) is 0 Å². The Hall–Kier alpha value is -3.42. The molecule has 1 aromatic carbocycles. The molecule has 5 rings (SSSR count). The Kier molecular flexibility index (Phi) is 4.65. The summed E-state index contributed by atoms with van der Waals surface area (Å²) in [5.41, 5.74) is 1.36. The SMILES string of the molecule is Cc1cn2nc(-c3cc(F)c4nn(C5CCB(C#N)CC5)nc4c3)cc(C(F)F)c2n1. The second kappa shape index (κ2) is 7.37. The van der Waals surface area contributed by atoms with Crippen molar-refractivity contribution in [2.45, 2.75) is 44.9 Å². The molecule has 31 heavy (non-hydrogen) atoms. The molecular formula is C20H17BF3N7. The Labute approximate surface area is 175 Å². The first-order chi connectivity index (χ1) is 14.9. The highest BCUT2D eigenvalue weighted by Crippen LogP contribution is 2.32.